The normalized spacial score (nSPS) is 16.5. The van der Waals surface area contributed by atoms with Gasteiger partial charge in [-0.25, -0.2) is 0 Å². The Morgan fingerprint density at radius 1 is 0.444 bits per heavy atom. The van der Waals surface area contributed by atoms with E-state index in [9.17, 15) is 0 Å². The topological polar surface area (TPSA) is 3.24 Å². The molecule has 8 rings (SSSR count). The van der Waals surface area contributed by atoms with E-state index in [-0.39, 0.29) is 10.8 Å². The summed E-state index contributed by atoms with van der Waals surface area (Å²) < 4.78 is 0. The van der Waals surface area contributed by atoms with E-state index in [2.05, 4.69) is 158 Å². The van der Waals surface area contributed by atoms with Crippen molar-refractivity contribution < 1.29 is 0 Å². The second kappa shape index (κ2) is 11.1. The van der Waals surface area contributed by atoms with Crippen LogP contribution in [0.4, 0.5) is 17.1 Å². The van der Waals surface area contributed by atoms with Crippen LogP contribution in [0.1, 0.15) is 74.6 Å². The fourth-order valence-corrected chi connectivity index (χ4v) is 8.37. The van der Waals surface area contributed by atoms with E-state index in [1.54, 1.807) is 0 Å². The van der Waals surface area contributed by atoms with Crippen LogP contribution in [0.5, 0.6) is 0 Å². The van der Waals surface area contributed by atoms with Crippen molar-refractivity contribution in [1.82, 2.24) is 0 Å². The molecular formula is C44H41N. The van der Waals surface area contributed by atoms with Crippen molar-refractivity contribution in [2.45, 2.75) is 63.2 Å². The van der Waals surface area contributed by atoms with Crippen LogP contribution in [0.15, 0.2) is 140 Å². The minimum atomic E-state index is -0.00957. The number of nitrogens with zero attached hydrogens (tertiary/aromatic N) is 1. The molecule has 1 nitrogen and oxygen atoms in total. The third kappa shape index (κ3) is 4.68. The Labute approximate surface area is 268 Å². The molecule has 0 aromatic heterocycles. The summed E-state index contributed by atoms with van der Waals surface area (Å²) in [4.78, 5) is 2.45. The Bertz CT molecular complexity index is 1970. The van der Waals surface area contributed by atoms with Gasteiger partial charge in [0.2, 0.25) is 0 Å². The molecule has 0 radical (unpaired) electrons. The highest BCUT2D eigenvalue weighted by Gasteiger charge is 2.36. The highest BCUT2D eigenvalue weighted by atomic mass is 15.1. The molecule has 0 bridgehead atoms. The maximum absolute atomic E-state index is 2.45. The third-order valence-electron chi connectivity index (χ3n) is 10.8. The van der Waals surface area contributed by atoms with Gasteiger partial charge in [0, 0.05) is 27.9 Å². The molecular weight excluding hydrogens is 542 g/mol. The Morgan fingerprint density at radius 2 is 1.02 bits per heavy atom. The second-order valence-corrected chi connectivity index (χ2v) is 13.7. The smallest absolute Gasteiger partial charge is 0.0468 e. The lowest BCUT2D eigenvalue weighted by Crippen LogP contribution is -2.27. The first-order chi connectivity index (χ1) is 22.0. The molecule has 0 heterocycles. The van der Waals surface area contributed by atoms with Gasteiger partial charge in [0.05, 0.1) is 0 Å². The zero-order valence-electron chi connectivity index (χ0n) is 26.5. The van der Waals surface area contributed by atoms with Crippen molar-refractivity contribution in [1.29, 1.82) is 0 Å². The lowest BCUT2D eigenvalue weighted by atomic mass is 9.69. The summed E-state index contributed by atoms with van der Waals surface area (Å²) in [5.41, 5.74) is 12.0. The largest absolute Gasteiger partial charge is 0.310 e. The number of hydrogen-bond acceptors (Lipinski definition) is 1. The summed E-state index contributed by atoms with van der Waals surface area (Å²) in [5, 5.41) is 2.52. The van der Waals surface area contributed by atoms with Gasteiger partial charge in [-0.3, -0.25) is 0 Å². The maximum Gasteiger partial charge on any atom is 0.0468 e. The van der Waals surface area contributed by atoms with Gasteiger partial charge in [-0.2, -0.15) is 0 Å². The minimum absolute atomic E-state index is 0.00957. The second-order valence-electron chi connectivity index (χ2n) is 13.7. The summed E-state index contributed by atoms with van der Waals surface area (Å²) in [7, 11) is 0. The van der Waals surface area contributed by atoms with Gasteiger partial charge in [-0.05, 0) is 93.4 Å². The van der Waals surface area contributed by atoms with Gasteiger partial charge in [0.25, 0.3) is 0 Å². The molecule has 45 heavy (non-hydrogen) atoms. The van der Waals surface area contributed by atoms with Crippen molar-refractivity contribution in [3.63, 3.8) is 0 Å². The van der Waals surface area contributed by atoms with Gasteiger partial charge in [-0.1, -0.05) is 143 Å². The van der Waals surface area contributed by atoms with E-state index in [1.807, 2.05) is 0 Å². The molecule has 0 saturated heterocycles. The van der Waals surface area contributed by atoms with E-state index < -0.39 is 0 Å². The first-order valence-corrected chi connectivity index (χ1v) is 16.7. The number of rotatable bonds is 5. The van der Waals surface area contributed by atoms with Crippen LogP contribution in [0, 0.1) is 0 Å². The van der Waals surface area contributed by atoms with Crippen molar-refractivity contribution in [2.24, 2.45) is 0 Å². The van der Waals surface area contributed by atoms with Crippen molar-refractivity contribution >= 4 is 27.8 Å². The molecule has 1 saturated carbocycles. The quantitative estimate of drug-likeness (QED) is 0.182. The summed E-state index contributed by atoms with van der Waals surface area (Å²) >= 11 is 0. The van der Waals surface area contributed by atoms with Gasteiger partial charge < -0.3 is 4.90 Å². The summed E-state index contributed by atoms with van der Waals surface area (Å²) in [6.45, 7) is 4.71. The standard InChI is InChI=1S/C44H41N/c1-43(2)41-19-11-10-18-39(41)40-31-38(26-27-42(40)43)45(37-23-20-32-14-8-9-15-33(32)30-37)36-24-21-35(22-25-36)44(28-12-3-4-13-29-44)34-16-6-5-7-17-34/h5-11,14-27,30-31H,3-4,12-13,28-29H2,1-2H3. The summed E-state index contributed by atoms with van der Waals surface area (Å²) in [6.07, 6.45) is 7.66. The van der Waals surface area contributed by atoms with E-state index in [1.165, 1.54) is 99.7 Å². The third-order valence-corrected chi connectivity index (χ3v) is 10.8. The lowest BCUT2D eigenvalue weighted by Gasteiger charge is -2.35. The van der Waals surface area contributed by atoms with Crippen LogP contribution < -0.4 is 4.90 Å². The Morgan fingerprint density at radius 3 is 1.80 bits per heavy atom. The van der Waals surface area contributed by atoms with Gasteiger partial charge in [0.1, 0.15) is 0 Å². The molecule has 2 aliphatic rings. The Hall–Kier alpha value is -4.62. The van der Waals surface area contributed by atoms with E-state index >= 15 is 0 Å². The first kappa shape index (κ1) is 27.9. The molecule has 0 N–H and O–H groups in total. The van der Waals surface area contributed by atoms with E-state index in [4.69, 9.17) is 0 Å². The minimum Gasteiger partial charge on any atom is -0.310 e. The average Bonchev–Trinajstić information content (AvgIpc) is 3.23. The zero-order chi connectivity index (χ0) is 30.4. The number of benzene rings is 6. The molecule has 6 aromatic carbocycles. The van der Waals surface area contributed by atoms with E-state index in [0.29, 0.717) is 0 Å². The zero-order valence-corrected chi connectivity index (χ0v) is 26.5. The molecule has 2 aliphatic carbocycles. The van der Waals surface area contributed by atoms with E-state index in [0.717, 1.165) is 0 Å². The molecule has 1 heteroatoms. The number of fused-ring (bicyclic) bond motifs is 4. The first-order valence-electron chi connectivity index (χ1n) is 16.7. The monoisotopic (exact) mass is 583 g/mol. The fraction of sp³-hybridized carbons (Fsp3) is 0.227. The van der Waals surface area contributed by atoms with Crippen molar-refractivity contribution in [2.75, 3.05) is 4.90 Å². The predicted molar refractivity (Wildman–Crippen MR) is 191 cm³/mol. The fourth-order valence-electron chi connectivity index (χ4n) is 8.37. The van der Waals surface area contributed by atoms with Crippen LogP contribution in [0.2, 0.25) is 0 Å². The number of anilines is 3. The van der Waals surface area contributed by atoms with Crippen LogP contribution in [-0.2, 0) is 10.8 Å². The van der Waals surface area contributed by atoms with Crippen molar-refractivity contribution in [3.8, 4) is 11.1 Å². The van der Waals surface area contributed by atoms with Crippen molar-refractivity contribution in [3.05, 3.63) is 162 Å². The summed E-state index contributed by atoms with van der Waals surface area (Å²) in [5.74, 6) is 0. The SMILES string of the molecule is CC1(C)c2ccccc2-c2cc(N(c3ccc(C4(c5ccccc5)CCCCCC4)cc3)c3ccc4ccccc4c3)ccc21. The van der Waals surface area contributed by atoms with Gasteiger partial charge in [0.15, 0.2) is 0 Å². The highest BCUT2D eigenvalue weighted by Crippen LogP contribution is 2.51. The van der Waals surface area contributed by atoms with Gasteiger partial charge >= 0.3 is 0 Å². The Kier molecular flexibility index (Phi) is 6.86. The van der Waals surface area contributed by atoms with Crippen LogP contribution in [0.25, 0.3) is 21.9 Å². The molecule has 222 valence electrons. The maximum atomic E-state index is 2.45. The van der Waals surface area contributed by atoms with Gasteiger partial charge in [-0.15, -0.1) is 0 Å². The van der Waals surface area contributed by atoms with Crippen LogP contribution >= 0.6 is 0 Å². The Balaban J connectivity index is 1.27. The molecule has 0 aliphatic heterocycles. The van der Waals surface area contributed by atoms with Crippen LogP contribution in [0.3, 0.4) is 0 Å². The molecule has 1 fully saturated rings. The van der Waals surface area contributed by atoms with Crippen LogP contribution in [-0.4, -0.2) is 0 Å². The molecule has 0 atom stereocenters. The molecule has 0 amide bonds. The highest BCUT2D eigenvalue weighted by molar-refractivity contribution is 5.91. The average molecular weight is 584 g/mol. The predicted octanol–water partition coefficient (Wildman–Crippen LogP) is 12.3. The number of hydrogen-bond donors (Lipinski definition) is 0. The molecule has 0 unspecified atom stereocenters. The molecule has 0 spiro atoms. The lowest BCUT2D eigenvalue weighted by molar-refractivity contribution is 0.446. The molecule has 6 aromatic rings. The summed E-state index contributed by atoms with van der Waals surface area (Å²) in [6, 6.07) is 52.4.